The average molecular weight is 359 g/mol. The van der Waals surface area contributed by atoms with Gasteiger partial charge in [-0.05, 0) is 34.1 Å². The van der Waals surface area contributed by atoms with Gasteiger partial charge >= 0.3 is 0 Å². The lowest BCUT2D eigenvalue weighted by atomic mass is 10.3. The SMILES string of the molecule is CNc1cc([N+](=O)[O-])cc(Oc2ccc(Cl)cc2Br)n1. The van der Waals surface area contributed by atoms with Gasteiger partial charge < -0.3 is 10.1 Å². The fraction of sp³-hybridized carbons (Fsp3) is 0.0833. The van der Waals surface area contributed by atoms with Crippen LogP contribution in [0.15, 0.2) is 34.8 Å². The second-order valence-electron chi connectivity index (χ2n) is 3.73. The van der Waals surface area contributed by atoms with Crippen molar-refractivity contribution in [1.29, 1.82) is 0 Å². The Labute approximate surface area is 128 Å². The van der Waals surface area contributed by atoms with Crippen LogP contribution in [-0.2, 0) is 0 Å². The highest BCUT2D eigenvalue weighted by Gasteiger charge is 2.13. The van der Waals surface area contributed by atoms with Crippen LogP contribution in [-0.4, -0.2) is 17.0 Å². The number of nitrogens with zero attached hydrogens (tertiary/aromatic N) is 2. The Balaban J connectivity index is 2.37. The minimum atomic E-state index is -0.508. The molecule has 0 atom stereocenters. The van der Waals surface area contributed by atoms with Crippen molar-refractivity contribution in [1.82, 2.24) is 4.98 Å². The Morgan fingerprint density at radius 3 is 2.75 bits per heavy atom. The Morgan fingerprint density at radius 2 is 2.15 bits per heavy atom. The third-order valence-electron chi connectivity index (χ3n) is 2.36. The molecule has 0 aliphatic heterocycles. The molecule has 0 aliphatic rings. The number of halogens is 2. The van der Waals surface area contributed by atoms with Crippen LogP contribution in [0, 0.1) is 10.1 Å². The van der Waals surface area contributed by atoms with Crippen molar-refractivity contribution in [2.75, 3.05) is 12.4 Å². The molecule has 1 aromatic carbocycles. The molecule has 8 heteroatoms. The fourth-order valence-electron chi connectivity index (χ4n) is 1.45. The summed E-state index contributed by atoms with van der Waals surface area (Å²) in [5.74, 6) is 0.926. The van der Waals surface area contributed by atoms with E-state index in [0.717, 1.165) is 0 Å². The summed E-state index contributed by atoms with van der Waals surface area (Å²) >= 11 is 9.13. The number of nitrogens with one attached hydrogen (secondary N) is 1. The molecular formula is C12H9BrClN3O3. The molecule has 0 amide bonds. The van der Waals surface area contributed by atoms with Gasteiger partial charge in [0.1, 0.15) is 11.6 Å². The van der Waals surface area contributed by atoms with Crippen molar-refractivity contribution >= 4 is 39.0 Å². The van der Waals surface area contributed by atoms with Crippen LogP contribution >= 0.6 is 27.5 Å². The highest BCUT2D eigenvalue weighted by molar-refractivity contribution is 9.10. The normalized spacial score (nSPS) is 10.2. The molecule has 0 spiro atoms. The zero-order valence-corrected chi connectivity index (χ0v) is 12.6. The van der Waals surface area contributed by atoms with Crippen LogP contribution in [0.3, 0.4) is 0 Å². The summed E-state index contributed by atoms with van der Waals surface area (Å²) in [5, 5.41) is 14.1. The van der Waals surface area contributed by atoms with Gasteiger partial charge in [-0.1, -0.05) is 11.6 Å². The molecular weight excluding hydrogens is 350 g/mol. The summed E-state index contributed by atoms with van der Waals surface area (Å²) in [6, 6.07) is 7.53. The first-order chi connectivity index (χ1) is 9.49. The van der Waals surface area contributed by atoms with Crippen LogP contribution < -0.4 is 10.1 Å². The maximum Gasteiger partial charge on any atom is 0.278 e. The van der Waals surface area contributed by atoms with E-state index in [-0.39, 0.29) is 11.6 Å². The number of aromatic nitrogens is 1. The molecule has 104 valence electrons. The number of hydrogen-bond acceptors (Lipinski definition) is 5. The van der Waals surface area contributed by atoms with Gasteiger partial charge in [-0.15, -0.1) is 0 Å². The lowest BCUT2D eigenvalue weighted by Crippen LogP contribution is -1.98. The molecule has 0 radical (unpaired) electrons. The van der Waals surface area contributed by atoms with E-state index >= 15 is 0 Å². The number of ether oxygens (including phenoxy) is 1. The smallest absolute Gasteiger partial charge is 0.278 e. The van der Waals surface area contributed by atoms with Gasteiger partial charge in [0, 0.05) is 12.1 Å². The van der Waals surface area contributed by atoms with Crippen molar-refractivity contribution in [3.8, 4) is 11.6 Å². The van der Waals surface area contributed by atoms with E-state index in [1.54, 1.807) is 25.2 Å². The van der Waals surface area contributed by atoms with Crippen molar-refractivity contribution < 1.29 is 9.66 Å². The molecule has 0 bridgehead atoms. The van der Waals surface area contributed by atoms with Crippen molar-refractivity contribution in [2.24, 2.45) is 0 Å². The Kier molecular flexibility index (Phi) is 4.41. The van der Waals surface area contributed by atoms with Crippen LogP contribution in [0.4, 0.5) is 11.5 Å². The maximum atomic E-state index is 10.9. The zero-order valence-electron chi connectivity index (χ0n) is 10.3. The van der Waals surface area contributed by atoms with E-state index in [0.29, 0.717) is 21.1 Å². The minimum Gasteiger partial charge on any atom is -0.438 e. The van der Waals surface area contributed by atoms with Crippen molar-refractivity contribution in [2.45, 2.75) is 0 Å². The first kappa shape index (κ1) is 14.5. The van der Waals surface area contributed by atoms with Gasteiger partial charge in [-0.3, -0.25) is 10.1 Å². The van der Waals surface area contributed by atoms with Crippen LogP contribution in [0.1, 0.15) is 0 Å². The van der Waals surface area contributed by atoms with Crippen LogP contribution in [0.2, 0.25) is 5.02 Å². The first-order valence-electron chi connectivity index (χ1n) is 5.46. The number of hydrogen-bond donors (Lipinski definition) is 1. The molecule has 0 saturated heterocycles. The van der Waals surface area contributed by atoms with Gasteiger partial charge in [0.25, 0.3) is 5.69 Å². The molecule has 0 aliphatic carbocycles. The number of nitro groups is 1. The topological polar surface area (TPSA) is 77.3 Å². The average Bonchev–Trinajstić information content (AvgIpc) is 2.41. The molecule has 0 saturated carbocycles. The number of rotatable bonds is 4. The molecule has 1 N–H and O–H groups in total. The summed E-state index contributed by atoms with van der Waals surface area (Å²) < 4.78 is 6.17. The van der Waals surface area contributed by atoms with Gasteiger partial charge in [0.2, 0.25) is 5.88 Å². The number of pyridine rings is 1. The van der Waals surface area contributed by atoms with Crippen LogP contribution in [0.25, 0.3) is 0 Å². The van der Waals surface area contributed by atoms with Gasteiger partial charge in [-0.2, -0.15) is 4.98 Å². The summed E-state index contributed by atoms with van der Waals surface area (Å²) in [6.07, 6.45) is 0. The summed E-state index contributed by atoms with van der Waals surface area (Å²) in [7, 11) is 1.62. The van der Waals surface area contributed by atoms with E-state index in [4.69, 9.17) is 16.3 Å². The molecule has 1 heterocycles. The lowest BCUT2D eigenvalue weighted by Gasteiger charge is -2.08. The third kappa shape index (κ3) is 3.37. The quantitative estimate of drug-likeness (QED) is 0.653. The lowest BCUT2D eigenvalue weighted by molar-refractivity contribution is -0.384. The third-order valence-corrected chi connectivity index (χ3v) is 3.22. The summed E-state index contributed by atoms with van der Waals surface area (Å²) in [6.45, 7) is 0. The van der Waals surface area contributed by atoms with Crippen molar-refractivity contribution in [3.63, 3.8) is 0 Å². The summed E-state index contributed by atoms with van der Waals surface area (Å²) in [5.41, 5.74) is -0.107. The van der Waals surface area contributed by atoms with E-state index in [1.165, 1.54) is 12.1 Å². The second kappa shape index (κ2) is 6.06. The van der Waals surface area contributed by atoms with Gasteiger partial charge in [-0.25, -0.2) is 0 Å². The Morgan fingerprint density at radius 1 is 1.40 bits per heavy atom. The minimum absolute atomic E-state index is 0.107. The fourth-order valence-corrected chi connectivity index (χ4v) is 2.21. The number of benzene rings is 1. The predicted octanol–water partition coefficient (Wildman–Crippen LogP) is 4.24. The van der Waals surface area contributed by atoms with Gasteiger partial charge in [0.15, 0.2) is 0 Å². The molecule has 1 aromatic heterocycles. The zero-order chi connectivity index (χ0) is 14.7. The monoisotopic (exact) mass is 357 g/mol. The standard InChI is InChI=1S/C12H9BrClN3O3/c1-15-11-5-8(17(18)19)6-12(16-11)20-10-3-2-7(14)4-9(10)13/h2-6H,1H3,(H,15,16). The first-order valence-corrected chi connectivity index (χ1v) is 6.64. The van der Waals surface area contributed by atoms with E-state index in [9.17, 15) is 10.1 Å². The molecule has 2 aromatic rings. The Hall–Kier alpha value is -1.86. The highest BCUT2D eigenvalue weighted by Crippen LogP contribution is 2.32. The van der Waals surface area contributed by atoms with E-state index in [1.807, 2.05) is 0 Å². The summed E-state index contributed by atoms with van der Waals surface area (Å²) in [4.78, 5) is 14.4. The Bertz CT molecular complexity index is 666. The second-order valence-corrected chi connectivity index (χ2v) is 5.02. The van der Waals surface area contributed by atoms with E-state index in [2.05, 4.69) is 26.2 Å². The molecule has 6 nitrogen and oxygen atoms in total. The molecule has 2 rings (SSSR count). The molecule has 0 unspecified atom stereocenters. The maximum absolute atomic E-state index is 10.9. The van der Waals surface area contributed by atoms with Crippen molar-refractivity contribution in [3.05, 3.63) is 49.9 Å². The largest absolute Gasteiger partial charge is 0.438 e. The molecule has 20 heavy (non-hydrogen) atoms. The van der Waals surface area contributed by atoms with Crippen LogP contribution in [0.5, 0.6) is 11.6 Å². The highest BCUT2D eigenvalue weighted by atomic mass is 79.9. The number of anilines is 1. The van der Waals surface area contributed by atoms with E-state index < -0.39 is 4.92 Å². The van der Waals surface area contributed by atoms with Gasteiger partial charge in [0.05, 0.1) is 21.5 Å². The predicted molar refractivity (Wildman–Crippen MR) is 79.7 cm³/mol. The molecule has 0 fully saturated rings.